The SMILES string of the molecule is CCOC(=O)c1ccc(C/C=C/CCCCCCCOC(=O)c2ccc3ccccc3c2)cc1. The van der Waals surface area contributed by atoms with Crippen LogP contribution in [0.5, 0.6) is 0 Å². The van der Waals surface area contributed by atoms with Gasteiger partial charge >= 0.3 is 11.9 Å². The number of hydrogen-bond donors (Lipinski definition) is 0. The first-order valence-electron chi connectivity index (χ1n) is 12.2. The molecule has 0 heterocycles. The lowest BCUT2D eigenvalue weighted by Crippen LogP contribution is -2.06. The Morgan fingerprint density at radius 1 is 0.706 bits per heavy atom. The van der Waals surface area contributed by atoms with Crippen molar-refractivity contribution < 1.29 is 19.1 Å². The van der Waals surface area contributed by atoms with E-state index in [1.807, 2.05) is 73.7 Å². The second kappa shape index (κ2) is 14.0. The first-order valence-corrected chi connectivity index (χ1v) is 12.2. The smallest absolute Gasteiger partial charge is 0.338 e. The Balaban J connectivity index is 1.21. The van der Waals surface area contributed by atoms with Crippen molar-refractivity contribution in [1.29, 1.82) is 0 Å². The van der Waals surface area contributed by atoms with Crippen molar-refractivity contribution in [2.45, 2.75) is 51.9 Å². The molecule has 0 atom stereocenters. The molecule has 0 radical (unpaired) electrons. The van der Waals surface area contributed by atoms with Gasteiger partial charge in [-0.3, -0.25) is 0 Å². The van der Waals surface area contributed by atoms with Gasteiger partial charge in [-0.05, 0) is 73.2 Å². The number of hydrogen-bond acceptors (Lipinski definition) is 4. The van der Waals surface area contributed by atoms with E-state index < -0.39 is 0 Å². The number of allylic oxidation sites excluding steroid dienone is 2. The molecule has 4 nitrogen and oxygen atoms in total. The number of esters is 2. The second-order valence-electron chi connectivity index (χ2n) is 8.35. The Morgan fingerprint density at radius 2 is 1.38 bits per heavy atom. The quantitative estimate of drug-likeness (QED) is 0.153. The number of unbranched alkanes of at least 4 members (excludes halogenated alkanes) is 5. The molecule has 0 spiro atoms. The molecule has 3 rings (SSSR count). The van der Waals surface area contributed by atoms with Crippen molar-refractivity contribution in [2.75, 3.05) is 13.2 Å². The summed E-state index contributed by atoms with van der Waals surface area (Å²) in [5, 5.41) is 2.18. The van der Waals surface area contributed by atoms with Crippen LogP contribution in [0, 0.1) is 0 Å². The lowest BCUT2D eigenvalue weighted by molar-refractivity contribution is 0.0495. The van der Waals surface area contributed by atoms with Gasteiger partial charge in [0.25, 0.3) is 0 Å². The molecule has 3 aromatic carbocycles. The first-order chi connectivity index (χ1) is 16.7. The molecule has 4 heteroatoms. The minimum atomic E-state index is -0.271. The second-order valence-corrected chi connectivity index (χ2v) is 8.35. The molecule has 0 bridgehead atoms. The van der Waals surface area contributed by atoms with Crippen LogP contribution in [0.3, 0.4) is 0 Å². The molecular weight excluding hydrogens is 424 g/mol. The monoisotopic (exact) mass is 458 g/mol. The summed E-state index contributed by atoms with van der Waals surface area (Å²) in [5.74, 6) is -0.515. The zero-order chi connectivity index (χ0) is 24.0. The minimum absolute atomic E-state index is 0.244. The van der Waals surface area contributed by atoms with Gasteiger partial charge in [-0.25, -0.2) is 9.59 Å². The Morgan fingerprint density at radius 3 is 2.18 bits per heavy atom. The zero-order valence-electron chi connectivity index (χ0n) is 20.0. The molecule has 0 unspecified atom stereocenters. The molecule has 178 valence electrons. The molecule has 0 N–H and O–H groups in total. The average Bonchev–Trinajstić information content (AvgIpc) is 2.87. The van der Waals surface area contributed by atoms with E-state index in [1.54, 1.807) is 0 Å². The summed E-state index contributed by atoms with van der Waals surface area (Å²) in [6.45, 7) is 2.67. The van der Waals surface area contributed by atoms with E-state index in [-0.39, 0.29) is 11.9 Å². The van der Waals surface area contributed by atoms with Crippen LogP contribution in [0.2, 0.25) is 0 Å². The molecule has 0 aliphatic heterocycles. The fourth-order valence-electron chi connectivity index (χ4n) is 3.79. The van der Waals surface area contributed by atoms with E-state index in [0.29, 0.717) is 24.3 Å². The third-order valence-electron chi connectivity index (χ3n) is 5.72. The highest BCUT2D eigenvalue weighted by molar-refractivity contribution is 5.95. The Labute approximate surface area is 202 Å². The molecule has 0 amide bonds. The maximum Gasteiger partial charge on any atom is 0.338 e. The standard InChI is InChI=1S/C30H34O4/c1-2-33-29(31)26-18-16-24(17-19-26)13-9-7-5-3-4-6-8-12-22-34-30(32)28-21-20-25-14-10-11-15-27(25)23-28/h7,9-11,14-21,23H,2-6,8,12-13,22H2,1H3/b9-7+. The van der Waals surface area contributed by atoms with Crippen LogP contribution < -0.4 is 0 Å². The lowest BCUT2D eigenvalue weighted by atomic mass is 10.1. The van der Waals surface area contributed by atoms with Crippen LogP contribution in [0.1, 0.15) is 71.7 Å². The van der Waals surface area contributed by atoms with E-state index >= 15 is 0 Å². The van der Waals surface area contributed by atoms with Gasteiger partial charge < -0.3 is 9.47 Å². The maximum absolute atomic E-state index is 12.2. The van der Waals surface area contributed by atoms with Crippen molar-refractivity contribution in [3.05, 3.63) is 95.6 Å². The van der Waals surface area contributed by atoms with Crippen LogP contribution in [-0.4, -0.2) is 25.2 Å². The van der Waals surface area contributed by atoms with Gasteiger partial charge in [-0.15, -0.1) is 0 Å². The van der Waals surface area contributed by atoms with E-state index in [9.17, 15) is 9.59 Å². The van der Waals surface area contributed by atoms with Crippen molar-refractivity contribution in [2.24, 2.45) is 0 Å². The molecule has 0 aliphatic rings. The minimum Gasteiger partial charge on any atom is -0.462 e. The molecule has 0 saturated heterocycles. The van der Waals surface area contributed by atoms with E-state index in [2.05, 4.69) is 12.2 Å². The number of ether oxygens (including phenoxy) is 2. The number of carbonyl (C=O) groups is 2. The summed E-state index contributed by atoms with van der Waals surface area (Å²) in [7, 11) is 0. The van der Waals surface area contributed by atoms with Gasteiger partial charge in [0.05, 0.1) is 24.3 Å². The molecule has 0 aromatic heterocycles. The lowest BCUT2D eigenvalue weighted by Gasteiger charge is -2.06. The van der Waals surface area contributed by atoms with Crippen molar-refractivity contribution >= 4 is 22.7 Å². The van der Waals surface area contributed by atoms with Gasteiger partial charge in [0.2, 0.25) is 0 Å². The molecule has 34 heavy (non-hydrogen) atoms. The normalized spacial score (nSPS) is 11.1. The zero-order valence-corrected chi connectivity index (χ0v) is 20.0. The first kappa shape index (κ1) is 25.2. The number of fused-ring (bicyclic) bond motifs is 1. The van der Waals surface area contributed by atoms with Crippen LogP contribution in [0.4, 0.5) is 0 Å². The highest BCUT2D eigenvalue weighted by atomic mass is 16.5. The van der Waals surface area contributed by atoms with E-state index in [1.165, 1.54) is 12.0 Å². The topological polar surface area (TPSA) is 52.6 Å². The summed E-state index contributed by atoms with van der Waals surface area (Å²) in [6.07, 6.45) is 11.8. The van der Waals surface area contributed by atoms with E-state index in [0.717, 1.165) is 49.3 Å². The van der Waals surface area contributed by atoms with Crippen molar-refractivity contribution in [1.82, 2.24) is 0 Å². The average molecular weight is 459 g/mol. The highest BCUT2D eigenvalue weighted by Gasteiger charge is 2.07. The molecule has 0 saturated carbocycles. The van der Waals surface area contributed by atoms with Gasteiger partial charge in [-0.1, -0.05) is 73.9 Å². The van der Waals surface area contributed by atoms with Crippen molar-refractivity contribution in [3.63, 3.8) is 0 Å². The van der Waals surface area contributed by atoms with E-state index in [4.69, 9.17) is 9.47 Å². The van der Waals surface area contributed by atoms with Gasteiger partial charge in [0.1, 0.15) is 0 Å². The van der Waals surface area contributed by atoms with Crippen LogP contribution in [-0.2, 0) is 15.9 Å². The Hall–Kier alpha value is -3.40. The third kappa shape index (κ3) is 8.18. The summed E-state index contributed by atoms with van der Waals surface area (Å²) < 4.78 is 10.4. The molecular formula is C30H34O4. The summed E-state index contributed by atoms with van der Waals surface area (Å²) in [5.41, 5.74) is 2.39. The van der Waals surface area contributed by atoms with Gasteiger partial charge in [-0.2, -0.15) is 0 Å². The van der Waals surface area contributed by atoms with Crippen LogP contribution >= 0.6 is 0 Å². The predicted molar refractivity (Wildman–Crippen MR) is 137 cm³/mol. The largest absolute Gasteiger partial charge is 0.462 e. The number of rotatable bonds is 13. The Bertz CT molecular complexity index is 1080. The third-order valence-corrected chi connectivity index (χ3v) is 5.72. The number of carbonyl (C=O) groups excluding carboxylic acids is 2. The summed E-state index contributed by atoms with van der Waals surface area (Å²) in [4.78, 5) is 23.9. The van der Waals surface area contributed by atoms with Gasteiger partial charge in [0, 0.05) is 0 Å². The fourth-order valence-corrected chi connectivity index (χ4v) is 3.79. The molecule has 3 aromatic rings. The predicted octanol–water partition coefficient (Wildman–Crippen LogP) is 7.31. The van der Waals surface area contributed by atoms with Crippen LogP contribution in [0.25, 0.3) is 10.8 Å². The van der Waals surface area contributed by atoms with Gasteiger partial charge in [0.15, 0.2) is 0 Å². The fraction of sp³-hybridized carbons (Fsp3) is 0.333. The maximum atomic E-state index is 12.2. The number of benzene rings is 3. The van der Waals surface area contributed by atoms with Crippen molar-refractivity contribution in [3.8, 4) is 0 Å². The summed E-state index contributed by atoms with van der Waals surface area (Å²) >= 11 is 0. The highest BCUT2D eigenvalue weighted by Crippen LogP contribution is 2.16. The molecule has 0 fully saturated rings. The molecule has 0 aliphatic carbocycles. The Kier molecular flexibility index (Phi) is 10.4. The summed E-state index contributed by atoms with van der Waals surface area (Å²) in [6, 6.07) is 21.3. The van der Waals surface area contributed by atoms with Crippen LogP contribution in [0.15, 0.2) is 78.9 Å².